The van der Waals surface area contributed by atoms with Crippen LogP contribution in [0.2, 0.25) is 10.0 Å². The Morgan fingerprint density at radius 1 is 1.15 bits per heavy atom. The van der Waals surface area contributed by atoms with E-state index in [4.69, 9.17) is 32.9 Å². The molecule has 10 heteroatoms. The topological polar surface area (TPSA) is 86.3 Å². The molecule has 7 nitrogen and oxygen atoms in total. The normalized spacial score (nSPS) is 27.9. The van der Waals surface area contributed by atoms with E-state index in [-0.39, 0.29) is 29.6 Å². The number of pyridine rings is 1. The Kier molecular flexibility index (Phi) is 7.35. The third kappa shape index (κ3) is 4.92. The van der Waals surface area contributed by atoms with Crippen LogP contribution < -0.4 is 5.32 Å². The number of rotatable bonds is 9. The molecule has 3 saturated heterocycles. The summed E-state index contributed by atoms with van der Waals surface area (Å²) in [5, 5.41) is 27.2. The lowest BCUT2D eigenvalue weighted by Gasteiger charge is -2.40. The molecule has 0 radical (unpaired) electrons. The minimum atomic E-state index is -0.508. The van der Waals surface area contributed by atoms with Crippen LogP contribution in [0, 0.1) is 35.9 Å². The number of ether oxygens (including phenoxy) is 1. The van der Waals surface area contributed by atoms with Crippen molar-refractivity contribution in [3.63, 3.8) is 0 Å². The number of likely N-dealkylation sites (tertiary alicyclic amines) is 1. The second-order valence-corrected chi connectivity index (χ2v) is 15.2. The van der Waals surface area contributed by atoms with Crippen molar-refractivity contribution >= 4 is 45.0 Å². The lowest BCUT2D eigenvalue weighted by atomic mass is 9.79. The van der Waals surface area contributed by atoms with E-state index < -0.39 is 12.0 Å². The van der Waals surface area contributed by atoms with Crippen molar-refractivity contribution in [3.8, 4) is 17.2 Å². The number of aliphatic hydroxyl groups is 1. The Balaban J connectivity index is 1.28. The Bertz CT molecular complexity index is 1950. The predicted octanol–water partition coefficient (Wildman–Crippen LogP) is 7.62. The van der Waals surface area contributed by atoms with E-state index in [0.717, 1.165) is 72.7 Å². The first-order chi connectivity index (χ1) is 22.8. The molecule has 6 aliphatic rings. The van der Waals surface area contributed by atoms with E-state index in [1.54, 1.807) is 18.2 Å². The first-order valence-corrected chi connectivity index (χ1v) is 17.9. The quantitative estimate of drug-likeness (QED) is 0.190. The maximum Gasteiger partial charge on any atom is 0.157 e. The van der Waals surface area contributed by atoms with Crippen LogP contribution in [0.25, 0.3) is 32.9 Å². The van der Waals surface area contributed by atoms with E-state index in [0.29, 0.717) is 64.2 Å². The number of nitrogens with zero attached hydrogens (tertiary/aromatic N) is 4. The number of aliphatic hydroxyl groups excluding tert-OH is 1. The van der Waals surface area contributed by atoms with Gasteiger partial charge in [0.05, 0.1) is 45.9 Å². The van der Waals surface area contributed by atoms with Gasteiger partial charge in [-0.2, -0.15) is 5.26 Å². The molecule has 3 aliphatic heterocycles. The van der Waals surface area contributed by atoms with Gasteiger partial charge in [0, 0.05) is 58.8 Å². The Hall–Kier alpha value is -2.77. The SMILES string of the molecule is Cc1nc2c(F)c(-c3cccc(Cl)c3Cl)c(CCC#N)cc2c2c1cc([C@H]1C[C@H](OC3CC3)CN1C(O)C1CC1)n2[C@H]1[C@H]2CN[C@@H]1C2. The smallest absolute Gasteiger partial charge is 0.157 e. The minimum Gasteiger partial charge on any atom is -0.378 e. The highest BCUT2D eigenvalue weighted by molar-refractivity contribution is 6.43. The fourth-order valence-electron chi connectivity index (χ4n) is 8.74. The zero-order valence-electron chi connectivity index (χ0n) is 26.4. The van der Waals surface area contributed by atoms with Gasteiger partial charge in [-0.1, -0.05) is 35.3 Å². The van der Waals surface area contributed by atoms with Crippen molar-refractivity contribution < 1.29 is 14.2 Å². The standard InChI is InChI=1S/C37H38Cl2FN5O2/c1-18-25-15-30(29-14-23(47-22-9-10-22)17-44(29)37(46)19-7-8-19)45(35-21-13-28(35)42-16-21)36(25)26-12-20(4-3-11-41)31(33(40)34(26)43-18)24-5-2-6-27(38)32(24)39/h2,5-6,12,15,19,21-23,28-29,35,37,42,46H,3-4,7-10,13-14,16-17H2,1H3/t21-,23+,28-,29-,35+,37?/m1/s1. The fourth-order valence-corrected chi connectivity index (χ4v) is 9.14. The van der Waals surface area contributed by atoms with Crippen molar-refractivity contribution in [3.05, 3.63) is 63.1 Å². The third-order valence-electron chi connectivity index (χ3n) is 11.4. The summed E-state index contributed by atoms with van der Waals surface area (Å²) in [7, 11) is 0. The van der Waals surface area contributed by atoms with Gasteiger partial charge in [0.15, 0.2) is 5.82 Å². The molecule has 1 unspecified atom stereocenters. The zero-order valence-corrected chi connectivity index (χ0v) is 27.9. The van der Waals surface area contributed by atoms with Crippen LogP contribution in [0.3, 0.4) is 0 Å². The minimum absolute atomic E-state index is 0.0244. The van der Waals surface area contributed by atoms with Gasteiger partial charge in [0.1, 0.15) is 11.7 Å². The highest BCUT2D eigenvalue weighted by Crippen LogP contribution is 2.52. The number of nitriles is 1. The van der Waals surface area contributed by atoms with Crippen LogP contribution in [0.1, 0.15) is 74.0 Å². The molecular formula is C37H38Cl2FN5O2. The molecule has 6 atom stereocenters. The van der Waals surface area contributed by atoms with Gasteiger partial charge in [-0.25, -0.2) is 9.37 Å². The molecule has 3 saturated carbocycles. The van der Waals surface area contributed by atoms with Crippen molar-refractivity contribution in [2.75, 3.05) is 13.1 Å². The molecule has 0 spiro atoms. The summed E-state index contributed by atoms with van der Waals surface area (Å²) < 4.78 is 26.0. The second kappa shape index (κ2) is 11.4. The van der Waals surface area contributed by atoms with Gasteiger partial charge in [0.2, 0.25) is 0 Å². The van der Waals surface area contributed by atoms with Crippen molar-refractivity contribution in [1.29, 1.82) is 5.26 Å². The monoisotopic (exact) mass is 673 g/mol. The first kappa shape index (κ1) is 30.3. The van der Waals surface area contributed by atoms with E-state index >= 15 is 4.39 Å². The van der Waals surface area contributed by atoms with E-state index in [2.05, 4.69) is 26.9 Å². The molecule has 2 bridgehead atoms. The maximum atomic E-state index is 17.1. The van der Waals surface area contributed by atoms with Crippen LogP contribution >= 0.6 is 23.2 Å². The van der Waals surface area contributed by atoms with E-state index in [1.165, 1.54) is 0 Å². The van der Waals surface area contributed by atoms with Crippen LogP contribution in [0.15, 0.2) is 30.3 Å². The summed E-state index contributed by atoms with van der Waals surface area (Å²) in [6.45, 7) is 3.63. The van der Waals surface area contributed by atoms with Crippen molar-refractivity contribution in [2.24, 2.45) is 11.8 Å². The average Bonchev–Trinajstić information content (AvgIpc) is 3.87. The predicted molar refractivity (Wildman–Crippen MR) is 181 cm³/mol. The molecule has 10 rings (SSSR count). The van der Waals surface area contributed by atoms with Gasteiger partial charge < -0.3 is 19.7 Å². The van der Waals surface area contributed by atoms with Crippen LogP contribution in [-0.2, 0) is 11.2 Å². The Morgan fingerprint density at radius 2 is 1.98 bits per heavy atom. The van der Waals surface area contributed by atoms with Gasteiger partial charge in [-0.3, -0.25) is 4.90 Å². The number of aryl methyl sites for hydroxylation is 2. The fraction of sp³-hybridized carbons (Fsp3) is 0.514. The van der Waals surface area contributed by atoms with E-state index in [1.807, 2.05) is 13.0 Å². The first-order valence-electron chi connectivity index (χ1n) is 17.1. The number of halogens is 3. The second-order valence-electron chi connectivity index (χ2n) is 14.4. The summed E-state index contributed by atoms with van der Waals surface area (Å²) in [4.78, 5) is 7.21. The molecule has 5 heterocycles. The largest absolute Gasteiger partial charge is 0.378 e. The molecule has 2 N–H and O–H groups in total. The van der Waals surface area contributed by atoms with Gasteiger partial charge in [-0.05, 0) is 87.5 Å². The summed E-state index contributed by atoms with van der Waals surface area (Å²) in [5.41, 5.74) is 4.76. The van der Waals surface area contributed by atoms with Gasteiger partial charge in [0.25, 0.3) is 0 Å². The number of hydrogen-bond acceptors (Lipinski definition) is 6. The molecule has 6 fully saturated rings. The summed E-state index contributed by atoms with van der Waals surface area (Å²) >= 11 is 13.1. The van der Waals surface area contributed by atoms with E-state index in [9.17, 15) is 10.4 Å². The Labute approximate surface area is 283 Å². The van der Waals surface area contributed by atoms with Gasteiger partial charge >= 0.3 is 0 Å². The van der Waals surface area contributed by atoms with Crippen LogP contribution in [-0.4, -0.2) is 57.1 Å². The average molecular weight is 675 g/mol. The Morgan fingerprint density at radius 3 is 2.68 bits per heavy atom. The third-order valence-corrected chi connectivity index (χ3v) is 12.2. The molecule has 2 aromatic carbocycles. The number of nitrogens with one attached hydrogen (secondary N) is 1. The molecule has 47 heavy (non-hydrogen) atoms. The highest BCUT2D eigenvalue weighted by Gasteiger charge is 2.51. The maximum absolute atomic E-state index is 17.1. The number of hydrogen-bond donors (Lipinski definition) is 2. The lowest BCUT2D eigenvalue weighted by molar-refractivity contribution is -0.0340. The molecule has 244 valence electrons. The molecule has 0 amide bonds. The summed E-state index contributed by atoms with van der Waals surface area (Å²) in [6.07, 6.45) is 6.77. The molecule has 3 aliphatic carbocycles. The lowest BCUT2D eigenvalue weighted by Crippen LogP contribution is -2.42. The van der Waals surface area contributed by atoms with Crippen molar-refractivity contribution in [1.82, 2.24) is 19.8 Å². The molecular weight excluding hydrogens is 636 g/mol. The zero-order chi connectivity index (χ0) is 32.1. The number of aromatic nitrogens is 2. The summed E-state index contributed by atoms with van der Waals surface area (Å²) in [6, 6.07) is 12.3. The number of benzene rings is 2. The van der Waals surface area contributed by atoms with Gasteiger partial charge in [-0.15, -0.1) is 0 Å². The van der Waals surface area contributed by atoms with Crippen molar-refractivity contribution in [2.45, 2.75) is 94.9 Å². The highest BCUT2D eigenvalue weighted by atomic mass is 35.5. The van der Waals surface area contributed by atoms with Crippen LogP contribution in [0.5, 0.6) is 0 Å². The summed E-state index contributed by atoms with van der Waals surface area (Å²) in [5.74, 6) is 0.333. The molecule has 4 aromatic rings. The van der Waals surface area contributed by atoms with Crippen LogP contribution in [0.4, 0.5) is 4.39 Å². The number of fused-ring (bicyclic) bond motifs is 4. The molecule has 2 aromatic heterocycles.